The predicted octanol–water partition coefficient (Wildman–Crippen LogP) is 2.76. The topological polar surface area (TPSA) is 52.6 Å². The first kappa shape index (κ1) is 15.6. The Hall–Kier alpha value is -0.770. The number of carbonyl (C=O) groups excluding carboxylic acids is 1. The molecule has 1 saturated carbocycles. The van der Waals surface area contributed by atoms with E-state index in [1.165, 1.54) is 12.8 Å². The van der Waals surface area contributed by atoms with Gasteiger partial charge in [0.05, 0.1) is 0 Å². The maximum atomic E-state index is 12.4. The molecule has 116 valence electrons. The van der Waals surface area contributed by atoms with Gasteiger partial charge in [0.15, 0.2) is 0 Å². The van der Waals surface area contributed by atoms with Crippen LogP contribution in [-0.2, 0) is 0 Å². The van der Waals surface area contributed by atoms with E-state index in [-0.39, 0.29) is 23.5 Å². The van der Waals surface area contributed by atoms with E-state index in [4.69, 9.17) is 0 Å². The molecule has 2 aliphatic rings. The van der Waals surface area contributed by atoms with Gasteiger partial charge in [0.2, 0.25) is 0 Å². The summed E-state index contributed by atoms with van der Waals surface area (Å²) in [5.41, 5.74) is 0.271. The largest absolute Gasteiger partial charge is 0.396 e. The van der Waals surface area contributed by atoms with E-state index in [9.17, 15) is 9.90 Å². The average Bonchev–Trinajstić information content (AvgIpc) is 2.78. The highest BCUT2D eigenvalue weighted by Crippen LogP contribution is 2.38. The van der Waals surface area contributed by atoms with Crippen molar-refractivity contribution < 1.29 is 9.90 Å². The first-order valence-corrected chi connectivity index (χ1v) is 8.09. The smallest absolute Gasteiger partial charge is 0.317 e. The first-order chi connectivity index (χ1) is 9.42. The normalized spacial score (nSPS) is 28.4. The first-order valence-electron chi connectivity index (χ1n) is 8.09. The highest BCUT2D eigenvalue weighted by Gasteiger charge is 2.38. The van der Waals surface area contributed by atoms with E-state index in [1.807, 2.05) is 4.90 Å². The monoisotopic (exact) mass is 282 g/mol. The molecule has 0 radical (unpaired) electrons. The zero-order chi connectivity index (χ0) is 14.8. The van der Waals surface area contributed by atoms with Crippen LogP contribution in [0.25, 0.3) is 0 Å². The number of rotatable bonds is 3. The standard InChI is InChI=1S/C16H30N2O2/c1-4-16(12-19)8-10-18(11-9-16)14(20)17-13-6-5-7-15(13,2)3/h13,19H,4-12H2,1-3H3,(H,17,20). The Balaban J connectivity index is 1.86. The van der Waals surface area contributed by atoms with Crippen LogP contribution in [0, 0.1) is 10.8 Å². The number of nitrogens with one attached hydrogen (secondary N) is 1. The second-order valence-electron chi connectivity index (χ2n) is 7.38. The van der Waals surface area contributed by atoms with E-state index in [0.29, 0.717) is 6.04 Å². The van der Waals surface area contributed by atoms with Crippen molar-refractivity contribution in [1.29, 1.82) is 0 Å². The van der Waals surface area contributed by atoms with E-state index < -0.39 is 0 Å². The summed E-state index contributed by atoms with van der Waals surface area (Å²) in [6.07, 6.45) is 6.34. The Kier molecular flexibility index (Phi) is 4.62. The van der Waals surface area contributed by atoms with Gasteiger partial charge < -0.3 is 15.3 Å². The Labute approximate surface area is 122 Å². The van der Waals surface area contributed by atoms with Crippen LogP contribution >= 0.6 is 0 Å². The van der Waals surface area contributed by atoms with Gasteiger partial charge in [-0.3, -0.25) is 0 Å². The lowest BCUT2D eigenvalue weighted by atomic mass is 9.77. The number of hydrogen-bond donors (Lipinski definition) is 2. The Morgan fingerprint density at radius 3 is 2.40 bits per heavy atom. The Morgan fingerprint density at radius 1 is 1.30 bits per heavy atom. The van der Waals surface area contributed by atoms with Crippen molar-refractivity contribution >= 4 is 6.03 Å². The van der Waals surface area contributed by atoms with Crippen LogP contribution in [0.3, 0.4) is 0 Å². The summed E-state index contributed by atoms with van der Waals surface area (Å²) in [5.74, 6) is 0. The number of amides is 2. The van der Waals surface area contributed by atoms with Crippen molar-refractivity contribution in [2.24, 2.45) is 10.8 Å². The SMILES string of the molecule is CCC1(CO)CCN(C(=O)NC2CCCC2(C)C)CC1. The molecule has 2 N–H and O–H groups in total. The van der Waals surface area contributed by atoms with Gasteiger partial charge >= 0.3 is 6.03 Å². The van der Waals surface area contributed by atoms with Gasteiger partial charge in [-0.15, -0.1) is 0 Å². The molecule has 1 aliphatic carbocycles. The summed E-state index contributed by atoms with van der Waals surface area (Å²) in [6, 6.07) is 0.401. The molecular weight excluding hydrogens is 252 g/mol. The van der Waals surface area contributed by atoms with Gasteiger partial charge in [0.1, 0.15) is 0 Å². The van der Waals surface area contributed by atoms with Crippen LogP contribution in [0.5, 0.6) is 0 Å². The number of aliphatic hydroxyl groups excluding tert-OH is 1. The van der Waals surface area contributed by atoms with E-state index in [0.717, 1.165) is 38.8 Å². The summed E-state index contributed by atoms with van der Waals surface area (Å²) < 4.78 is 0. The van der Waals surface area contributed by atoms with Crippen molar-refractivity contribution in [2.45, 2.75) is 65.3 Å². The third kappa shape index (κ3) is 3.11. The van der Waals surface area contributed by atoms with Crippen LogP contribution in [0.4, 0.5) is 4.79 Å². The lowest BCUT2D eigenvalue weighted by molar-refractivity contribution is 0.0508. The molecule has 1 atom stereocenters. The number of piperidine rings is 1. The number of carbonyl (C=O) groups is 1. The third-order valence-corrected chi connectivity index (χ3v) is 5.75. The minimum Gasteiger partial charge on any atom is -0.396 e. The fourth-order valence-electron chi connectivity index (χ4n) is 3.64. The molecule has 4 heteroatoms. The molecule has 0 aromatic carbocycles. The molecule has 2 fully saturated rings. The lowest BCUT2D eigenvalue weighted by Gasteiger charge is -2.41. The molecule has 0 aromatic rings. The van der Waals surface area contributed by atoms with E-state index >= 15 is 0 Å². The quantitative estimate of drug-likeness (QED) is 0.836. The summed E-state index contributed by atoms with van der Waals surface area (Å²) in [7, 11) is 0. The van der Waals surface area contributed by atoms with Gasteiger partial charge in [-0.05, 0) is 42.9 Å². The molecule has 20 heavy (non-hydrogen) atoms. The summed E-state index contributed by atoms with van der Waals surface area (Å²) in [5, 5.41) is 12.8. The zero-order valence-corrected chi connectivity index (χ0v) is 13.2. The lowest BCUT2D eigenvalue weighted by Crippen LogP contribution is -2.52. The predicted molar refractivity (Wildman–Crippen MR) is 80.6 cm³/mol. The highest BCUT2D eigenvalue weighted by molar-refractivity contribution is 5.74. The van der Waals surface area contributed by atoms with Crippen LogP contribution in [0.1, 0.15) is 59.3 Å². The van der Waals surface area contributed by atoms with Gasteiger partial charge in [0, 0.05) is 25.7 Å². The number of urea groups is 1. The number of aliphatic hydroxyl groups is 1. The van der Waals surface area contributed by atoms with E-state index in [2.05, 4.69) is 26.1 Å². The zero-order valence-electron chi connectivity index (χ0n) is 13.2. The average molecular weight is 282 g/mol. The van der Waals surface area contributed by atoms with Crippen molar-refractivity contribution in [2.75, 3.05) is 19.7 Å². The molecule has 4 nitrogen and oxygen atoms in total. The number of nitrogens with zero attached hydrogens (tertiary/aromatic N) is 1. The minimum absolute atomic E-state index is 0.0450. The maximum absolute atomic E-state index is 12.4. The molecule has 2 amide bonds. The van der Waals surface area contributed by atoms with Gasteiger partial charge in [-0.1, -0.05) is 27.2 Å². The Morgan fingerprint density at radius 2 is 1.95 bits per heavy atom. The number of hydrogen-bond acceptors (Lipinski definition) is 2. The van der Waals surface area contributed by atoms with Gasteiger partial charge in [-0.2, -0.15) is 0 Å². The summed E-state index contributed by atoms with van der Waals surface area (Å²) >= 11 is 0. The fraction of sp³-hybridized carbons (Fsp3) is 0.938. The van der Waals surface area contributed by atoms with Crippen molar-refractivity contribution in [1.82, 2.24) is 10.2 Å². The molecule has 0 spiro atoms. The fourth-order valence-corrected chi connectivity index (χ4v) is 3.64. The second kappa shape index (κ2) is 5.92. The van der Waals surface area contributed by atoms with Crippen molar-refractivity contribution in [3.05, 3.63) is 0 Å². The van der Waals surface area contributed by atoms with Gasteiger partial charge in [-0.25, -0.2) is 4.79 Å². The van der Waals surface area contributed by atoms with Crippen LogP contribution in [-0.4, -0.2) is 41.8 Å². The van der Waals surface area contributed by atoms with Crippen molar-refractivity contribution in [3.63, 3.8) is 0 Å². The second-order valence-corrected chi connectivity index (χ2v) is 7.38. The molecular formula is C16H30N2O2. The molecule has 1 aliphatic heterocycles. The highest BCUT2D eigenvalue weighted by atomic mass is 16.3. The summed E-state index contributed by atoms with van der Waals surface area (Å²) in [4.78, 5) is 14.3. The third-order valence-electron chi connectivity index (χ3n) is 5.75. The van der Waals surface area contributed by atoms with Crippen LogP contribution in [0.2, 0.25) is 0 Å². The molecule has 1 unspecified atom stereocenters. The van der Waals surface area contributed by atoms with Crippen molar-refractivity contribution in [3.8, 4) is 0 Å². The molecule has 0 aromatic heterocycles. The van der Waals surface area contributed by atoms with Gasteiger partial charge in [0.25, 0.3) is 0 Å². The molecule has 1 heterocycles. The molecule has 0 bridgehead atoms. The molecule has 2 rings (SSSR count). The maximum Gasteiger partial charge on any atom is 0.317 e. The number of likely N-dealkylation sites (tertiary alicyclic amines) is 1. The Bertz CT molecular complexity index is 340. The van der Waals surface area contributed by atoms with E-state index in [1.54, 1.807) is 0 Å². The van der Waals surface area contributed by atoms with Crippen LogP contribution in [0.15, 0.2) is 0 Å². The van der Waals surface area contributed by atoms with Crippen LogP contribution < -0.4 is 5.32 Å². The summed E-state index contributed by atoms with van der Waals surface area (Å²) in [6.45, 7) is 8.41. The molecule has 1 saturated heterocycles. The minimum atomic E-state index is 0.0450.